The fraction of sp³-hybridized carbons (Fsp3) is 0.500. The monoisotopic (exact) mass is 231 g/mol. The maximum absolute atomic E-state index is 11.6. The van der Waals surface area contributed by atoms with E-state index in [0.717, 1.165) is 26.1 Å². The van der Waals surface area contributed by atoms with E-state index >= 15 is 0 Å². The number of hydrogen-bond donors (Lipinski definition) is 0. The van der Waals surface area contributed by atoms with Crippen molar-refractivity contribution in [3.63, 3.8) is 0 Å². The van der Waals surface area contributed by atoms with Crippen molar-refractivity contribution >= 4 is 5.97 Å². The molecule has 2 atom stereocenters. The molecule has 0 aromatic heterocycles. The van der Waals surface area contributed by atoms with E-state index in [2.05, 4.69) is 29.2 Å². The Bertz CT molecular complexity index is 404. The molecule has 17 heavy (non-hydrogen) atoms. The van der Waals surface area contributed by atoms with Crippen LogP contribution in [0.2, 0.25) is 0 Å². The molecular formula is C14H17NO2. The highest BCUT2D eigenvalue weighted by atomic mass is 16.5. The lowest BCUT2D eigenvalue weighted by Gasteiger charge is -2.22. The molecule has 1 aromatic rings. The Balaban J connectivity index is 1.66. The minimum absolute atomic E-state index is 0.0109. The minimum Gasteiger partial charge on any atom is -0.465 e. The number of benzene rings is 1. The van der Waals surface area contributed by atoms with Crippen LogP contribution in [-0.4, -0.2) is 30.6 Å². The third kappa shape index (κ3) is 2.20. The average Bonchev–Trinajstić information content (AvgIpc) is 2.74. The van der Waals surface area contributed by atoms with Gasteiger partial charge in [-0.25, -0.2) is 0 Å². The van der Waals surface area contributed by atoms with Crippen LogP contribution in [0.1, 0.15) is 12.0 Å². The molecule has 2 aliphatic heterocycles. The maximum Gasteiger partial charge on any atom is 0.310 e. The quantitative estimate of drug-likeness (QED) is 0.725. The summed E-state index contributed by atoms with van der Waals surface area (Å²) >= 11 is 0. The summed E-state index contributed by atoms with van der Waals surface area (Å²) < 4.78 is 5.12. The van der Waals surface area contributed by atoms with E-state index in [1.807, 2.05) is 6.07 Å². The Labute approximate surface area is 101 Å². The van der Waals surface area contributed by atoms with Crippen LogP contribution in [0.4, 0.5) is 0 Å². The van der Waals surface area contributed by atoms with Gasteiger partial charge in [0.15, 0.2) is 0 Å². The SMILES string of the molecule is O=C1OCCC2CN(Cc3ccccc3)CC12. The molecule has 0 N–H and O–H groups in total. The van der Waals surface area contributed by atoms with Gasteiger partial charge in [0, 0.05) is 19.6 Å². The summed E-state index contributed by atoms with van der Waals surface area (Å²) in [5.74, 6) is 0.643. The van der Waals surface area contributed by atoms with Crippen LogP contribution in [0, 0.1) is 11.8 Å². The number of nitrogens with zero attached hydrogens (tertiary/aromatic N) is 1. The Morgan fingerprint density at radius 3 is 2.82 bits per heavy atom. The lowest BCUT2D eigenvalue weighted by Crippen LogP contribution is -2.31. The fourth-order valence-corrected chi connectivity index (χ4v) is 2.91. The van der Waals surface area contributed by atoms with Gasteiger partial charge >= 0.3 is 5.97 Å². The number of cyclic esters (lactones) is 1. The number of likely N-dealkylation sites (tertiary alicyclic amines) is 1. The second-order valence-electron chi connectivity index (χ2n) is 5.00. The van der Waals surface area contributed by atoms with Crippen LogP contribution in [-0.2, 0) is 16.1 Å². The van der Waals surface area contributed by atoms with Crippen molar-refractivity contribution in [3.05, 3.63) is 35.9 Å². The van der Waals surface area contributed by atoms with E-state index in [1.54, 1.807) is 0 Å². The molecule has 2 saturated heterocycles. The van der Waals surface area contributed by atoms with Crippen molar-refractivity contribution in [2.24, 2.45) is 11.8 Å². The zero-order chi connectivity index (χ0) is 11.7. The summed E-state index contributed by atoms with van der Waals surface area (Å²) in [4.78, 5) is 14.0. The van der Waals surface area contributed by atoms with Crippen molar-refractivity contribution < 1.29 is 9.53 Å². The summed E-state index contributed by atoms with van der Waals surface area (Å²) in [7, 11) is 0. The lowest BCUT2D eigenvalue weighted by molar-refractivity contribution is -0.154. The van der Waals surface area contributed by atoms with Crippen molar-refractivity contribution in [1.29, 1.82) is 0 Å². The Kier molecular flexibility index (Phi) is 2.85. The van der Waals surface area contributed by atoms with Crippen LogP contribution in [0.25, 0.3) is 0 Å². The third-order valence-corrected chi connectivity index (χ3v) is 3.80. The average molecular weight is 231 g/mol. The minimum atomic E-state index is 0.0109. The molecular weight excluding hydrogens is 214 g/mol. The van der Waals surface area contributed by atoms with Crippen molar-refractivity contribution in [3.8, 4) is 0 Å². The second-order valence-corrected chi connectivity index (χ2v) is 5.00. The van der Waals surface area contributed by atoms with Gasteiger partial charge in [-0.1, -0.05) is 30.3 Å². The molecule has 3 nitrogen and oxygen atoms in total. The molecule has 0 bridgehead atoms. The number of fused-ring (bicyclic) bond motifs is 1. The van der Waals surface area contributed by atoms with Gasteiger partial charge in [0.1, 0.15) is 0 Å². The summed E-state index contributed by atoms with van der Waals surface area (Å²) in [6.45, 7) is 3.45. The molecule has 2 heterocycles. The molecule has 0 spiro atoms. The highest BCUT2D eigenvalue weighted by molar-refractivity contribution is 5.74. The highest BCUT2D eigenvalue weighted by Gasteiger charge is 2.40. The predicted octanol–water partition coefficient (Wildman–Crippen LogP) is 1.68. The molecule has 0 aliphatic carbocycles. The summed E-state index contributed by atoms with van der Waals surface area (Å²) in [6.07, 6.45) is 1.03. The van der Waals surface area contributed by atoms with E-state index in [-0.39, 0.29) is 11.9 Å². The topological polar surface area (TPSA) is 29.5 Å². The summed E-state index contributed by atoms with van der Waals surface area (Å²) in [5.41, 5.74) is 1.32. The van der Waals surface area contributed by atoms with Crippen LogP contribution in [0.15, 0.2) is 30.3 Å². The first kappa shape index (κ1) is 10.8. The van der Waals surface area contributed by atoms with E-state index in [9.17, 15) is 4.79 Å². The van der Waals surface area contributed by atoms with Gasteiger partial charge in [0.2, 0.25) is 0 Å². The van der Waals surface area contributed by atoms with Gasteiger partial charge in [-0.3, -0.25) is 9.69 Å². The van der Waals surface area contributed by atoms with Crippen LogP contribution in [0.3, 0.4) is 0 Å². The number of carbonyl (C=O) groups excluding carboxylic acids is 1. The smallest absolute Gasteiger partial charge is 0.310 e. The number of carbonyl (C=O) groups is 1. The molecule has 1 aromatic carbocycles. The van der Waals surface area contributed by atoms with Gasteiger partial charge < -0.3 is 4.74 Å². The second kappa shape index (κ2) is 4.49. The van der Waals surface area contributed by atoms with Gasteiger partial charge in [-0.2, -0.15) is 0 Å². The Hall–Kier alpha value is -1.35. The zero-order valence-corrected chi connectivity index (χ0v) is 9.84. The van der Waals surface area contributed by atoms with Crippen LogP contribution in [0.5, 0.6) is 0 Å². The molecule has 0 radical (unpaired) electrons. The molecule has 0 saturated carbocycles. The van der Waals surface area contributed by atoms with Gasteiger partial charge in [-0.15, -0.1) is 0 Å². The summed E-state index contributed by atoms with van der Waals surface area (Å²) in [5, 5.41) is 0. The first-order valence-electron chi connectivity index (χ1n) is 6.26. The molecule has 2 fully saturated rings. The third-order valence-electron chi connectivity index (χ3n) is 3.80. The molecule has 90 valence electrons. The first-order valence-corrected chi connectivity index (χ1v) is 6.26. The lowest BCUT2D eigenvalue weighted by atomic mass is 9.91. The van der Waals surface area contributed by atoms with E-state index < -0.39 is 0 Å². The van der Waals surface area contributed by atoms with Crippen molar-refractivity contribution in [2.75, 3.05) is 19.7 Å². The molecule has 0 amide bonds. The fourth-order valence-electron chi connectivity index (χ4n) is 2.91. The normalized spacial score (nSPS) is 28.8. The Morgan fingerprint density at radius 2 is 2.06 bits per heavy atom. The van der Waals surface area contributed by atoms with E-state index in [4.69, 9.17) is 4.74 Å². The van der Waals surface area contributed by atoms with Crippen LogP contribution < -0.4 is 0 Å². The van der Waals surface area contributed by atoms with Crippen molar-refractivity contribution in [2.45, 2.75) is 13.0 Å². The molecule has 3 rings (SSSR count). The number of esters is 1. The predicted molar refractivity (Wildman–Crippen MR) is 64.3 cm³/mol. The Morgan fingerprint density at radius 1 is 1.24 bits per heavy atom. The van der Waals surface area contributed by atoms with Gasteiger partial charge in [0.05, 0.1) is 12.5 Å². The highest BCUT2D eigenvalue weighted by Crippen LogP contribution is 2.31. The number of ether oxygens (including phenoxy) is 1. The first-order chi connectivity index (χ1) is 8.33. The molecule has 2 aliphatic rings. The maximum atomic E-state index is 11.6. The van der Waals surface area contributed by atoms with Gasteiger partial charge in [-0.05, 0) is 17.9 Å². The van der Waals surface area contributed by atoms with Gasteiger partial charge in [0.25, 0.3) is 0 Å². The van der Waals surface area contributed by atoms with Crippen LogP contribution >= 0.6 is 0 Å². The van der Waals surface area contributed by atoms with Crippen molar-refractivity contribution in [1.82, 2.24) is 4.90 Å². The number of hydrogen-bond acceptors (Lipinski definition) is 3. The number of rotatable bonds is 2. The molecule has 3 heteroatoms. The zero-order valence-electron chi connectivity index (χ0n) is 9.84. The van der Waals surface area contributed by atoms with E-state index in [1.165, 1.54) is 5.56 Å². The summed E-state index contributed by atoms with van der Waals surface area (Å²) in [6, 6.07) is 10.4. The molecule has 2 unspecified atom stereocenters. The van der Waals surface area contributed by atoms with E-state index in [0.29, 0.717) is 12.5 Å². The standard InChI is InChI=1S/C14H17NO2/c16-14-13-10-15(9-12(13)6-7-17-14)8-11-4-2-1-3-5-11/h1-5,12-13H,6-10H2. The largest absolute Gasteiger partial charge is 0.465 e.